The van der Waals surface area contributed by atoms with Gasteiger partial charge in [0.05, 0.1) is 20.3 Å². The van der Waals surface area contributed by atoms with Gasteiger partial charge >= 0.3 is 0 Å². The van der Waals surface area contributed by atoms with Crippen LogP contribution in [0.5, 0.6) is 17.2 Å². The molecule has 2 saturated carbocycles. The molecule has 6 heteroatoms. The summed E-state index contributed by atoms with van der Waals surface area (Å²) in [7, 11) is 7.38. The lowest BCUT2D eigenvalue weighted by Gasteiger charge is -2.36. The first-order valence-corrected chi connectivity index (χ1v) is 10.4. The van der Waals surface area contributed by atoms with Gasteiger partial charge in [-0.25, -0.2) is 0 Å². The van der Waals surface area contributed by atoms with Crippen LogP contribution in [0.3, 0.4) is 0 Å². The molecule has 0 aliphatic heterocycles. The standard InChI is InChI=1S/C22H34N2O4/c1-24(2)22(11-7-8-12-22)15-23-21(25)16-13-18(26-3)20(19(14-16)27-4)28-17-9-5-6-10-17/h13-14,17H,5-12,15H2,1-4H3,(H,23,25). The maximum absolute atomic E-state index is 12.9. The second kappa shape index (κ2) is 9.03. The fourth-order valence-electron chi connectivity index (χ4n) is 4.46. The summed E-state index contributed by atoms with van der Waals surface area (Å²) in [6, 6.07) is 3.50. The quantitative estimate of drug-likeness (QED) is 0.734. The third-order valence-corrected chi connectivity index (χ3v) is 6.37. The number of methoxy groups -OCH3 is 2. The highest BCUT2D eigenvalue weighted by Crippen LogP contribution is 2.41. The Morgan fingerprint density at radius 2 is 1.64 bits per heavy atom. The molecule has 0 unspecified atom stereocenters. The summed E-state index contributed by atoms with van der Waals surface area (Å²) in [6.07, 6.45) is 9.29. The highest BCUT2D eigenvalue weighted by Gasteiger charge is 2.36. The number of nitrogens with one attached hydrogen (secondary N) is 1. The largest absolute Gasteiger partial charge is 0.493 e. The SMILES string of the molecule is COc1cc(C(=O)NCC2(N(C)C)CCCC2)cc(OC)c1OC1CCCC1. The van der Waals surface area contributed by atoms with E-state index in [1.165, 1.54) is 25.7 Å². The lowest BCUT2D eigenvalue weighted by atomic mass is 9.96. The van der Waals surface area contributed by atoms with Crippen LogP contribution in [-0.4, -0.2) is 57.3 Å². The van der Waals surface area contributed by atoms with Crippen molar-refractivity contribution in [2.75, 3.05) is 34.9 Å². The number of nitrogens with zero attached hydrogens (tertiary/aromatic N) is 1. The lowest BCUT2D eigenvalue weighted by Crippen LogP contribution is -2.50. The number of likely N-dealkylation sites (N-methyl/N-ethyl adjacent to an activating group) is 1. The fourth-order valence-corrected chi connectivity index (χ4v) is 4.46. The van der Waals surface area contributed by atoms with Gasteiger partial charge < -0.3 is 24.4 Å². The van der Waals surface area contributed by atoms with E-state index in [1.54, 1.807) is 26.4 Å². The summed E-state index contributed by atoms with van der Waals surface area (Å²) in [5.74, 6) is 1.56. The van der Waals surface area contributed by atoms with Gasteiger partial charge in [0.2, 0.25) is 5.75 Å². The van der Waals surface area contributed by atoms with E-state index in [-0.39, 0.29) is 17.6 Å². The molecular formula is C22H34N2O4. The van der Waals surface area contributed by atoms with Crippen LogP contribution in [0.2, 0.25) is 0 Å². The molecule has 3 rings (SSSR count). The highest BCUT2D eigenvalue weighted by molar-refractivity contribution is 5.95. The molecule has 2 aliphatic carbocycles. The Balaban J connectivity index is 1.76. The summed E-state index contributed by atoms with van der Waals surface area (Å²) >= 11 is 0. The molecule has 28 heavy (non-hydrogen) atoms. The van der Waals surface area contributed by atoms with Gasteiger partial charge in [-0.05, 0) is 64.8 Å². The predicted octanol–water partition coefficient (Wildman–Crippen LogP) is 3.63. The van der Waals surface area contributed by atoms with Crippen molar-refractivity contribution in [3.8, 4) is 17.2 Å². The zero-order valence-corrected chi connectivity index (χ0v) is 17.7. The first-order valence-electron chi connectivity index (χ1n) is 10.4. The topological polar surface area (TPSA) is 60.0 Å². The van der Waals surface area contributed by atoms with Gasteiger partial charge in [-0.1, -0.05) is 12.8 Å². The Hall–Kier alpha value is -1.95. The molecule has 1 amide bonds. The van der Waals surface area contributed by atoms with Crippen LogP contribution in [0.25, 0.3) is 0 Å². The third-order valence-electron chi connectivity index (χ3n) is 6.37. The maximum atomic E-state index is 12.9. The Morgan fingerprint density at radius 3 is 2.14 bits per heavy atom. The molecule has 156 valence electrons. The van der Waals surface area contributed by atoms with Crippen LogP contribution in [0.15, 0.2) is 12.1 Å². The molecule has 0 saturated heterocycles. The molecule has 1 aromatic carbocycles. The molecular weight excluding hydrogens is 356 g/mol. The predicted molar refractivity (Wildman–Crippen MR) is 110 cm³/mol. The fraction of sp³-hybridized carbons (Fsp3) is 0.682. The van der Waals surface area contributed by atoms with Gasteiger partial charge in [-0.15, -0.1) is 0 Å². The summed E-state index contributed by atoms with van der Waals surface area (Å²) < 4.78 is 17.2. The minimum atomic E-state index is -0.114. The van der Waals surface area contributed by atoms with Crippen molar-refractivity contribution in [1.29, 1.82) is 0 Å². The Labute approximate surface area is 168 Å². The van der Waals surface area contributed by atoms with E-state index in [9.17, 15) is 4.79 Å². The van der Waals surface area contributed by atoms with E-state index in [0.29, 0.717) is 29.4 Å². The number of carbonyl (C=O) groups excluding carboxylic acids is 1. The summed E-state index contributed by atoms with van der Waals surface area (Å²) in [4.78, 5) is 15.1. The molecule has 1 N–H and O–H groups in total. The zero-order valence-electron chi connectivity index (χ0n) is 17.7. The van der Waals surface area contributed by atoms with Gasteiger partial charge in [-0.2, -0.15) is 0 Å². The van der Waals surface area contributed by atoms with Gasteiger partial charge in [0.15, 0.2) is 11.5 Å². The summed E-state index contributed by atoms with van der Waals surface area (Å²) in [5.41, 5.74) is 0.578. The minimum Gasteiger partial charge on any atom is -0.493 e. The van der Waals surface area contributed by atoms with Gasteiger partial charge in [0, 0.05) is 17.6 Å². The van der Waals surface area contributed by atoms with Crippen molar-refractivity contribution in [2.45, 2.75) is 63.0 Å². The van der Waals surface area contributed by atoms with E-state index in [1.807, 2.05) is 0 Å². The second-order valence-corrected chi connectivity index (χ2v) is 8.24. The first kappa shape index (κ1) is 20.8. The number of benzene rings is 1. The smallest absolute Gasteiger partial charge is 0.251 e. The third kappa shape index (κ3) is 4.37. The normalized spacial score (nSPS) is 19.0. The Morgan fingerprint density at radius 1 is 1.07 bits per heavy atom. The van der Waals surface area contributed by atoms with Crippen LogP contribution in [0, 0.1) is 0 Å². The van der Waals surface area contributed by atoms with Crippen molar-refractivity contribution < 1.29 is 19.0 Å². The zero-order chi connectivity index (χ0) is 20.1. The molecule has 2 aliphatic rings. The molecule has 0 radical (unpaired) electrons. The van der Waals surface area contributed by atoms with Crippen LogP contribution in [0.1, 0.15) is 61.7 Å². The van der Waals surface area contributed by atoms with Crippen LogP contribution in [-0.2, 0) is 0 Å². The molecule has 2 fully saturated rings. The molecule has 0 atom stereocenters. The number of rotatable bonds is 8. The molecule has 0 bridgehead atoms. The number of amides is 1. The molecule has 0 aromatic heterocycles. The monoisotopic (exact) mass is 390 g/mol. The van der Waals surface area contributed by atoms with E-state index >= 15 is 0 Å². The Bertz CT molecular complexity index is 652. The van der Waals surface area contributed by atoms with Crippen LogP contribution in [0.4, 0.5) is 0 Å². The van der Waals surface area contributed by atoms with Crippen LogP contribution < -0.4 is 19.5 Å². The number of carbonyl (C=O) groups is 1. The molecule has 1 aromatic rings. The Kier molecular flexibility index (Phi) is 6.70. The highest BCUT2D eigenvalue weighted by atomic mass is 16.5. The number of ether oxygens (including phenoxy) is 3. The van der Waals surface area contributed by atoms with Crippen molar-refractivity contribution in [2.24, 2.45) is 0 Å². The first-order chi connectivity index (χ1) is 13.5. The van der Waals surface area contributed by atoms with Crippen molar-refractivity contribution in [3.05, 3.63) is 17.7 Å². The van der Waals surface area contributed by atoms with E-state index in [2.05, 4.69) is 24.3 Å². The summed E-state index contributed by atoms with van der Waals surface area (Å²) in [6.45, 7) is 0.643. The summed E-state index contributed by atoms with van der Waals surface area (Å²) in [5, 5.41) is 3.13. The molecule has 0 heterocycles. The average Bonchev–Trinajstić information content (AvgIpc) is 3.38. The van der Waals surface area contributed by atoms with Gasteiger partial charge in [0.1, 0.15) is 0 Å². The van der Waals surface area contributed by atoms with E-state index in [4.69, 9.17) is 14.2 Å². The van der Waals surface area contributed by atoms with E-state index < -0.39 is 0 Å². The van der Waals surface area contributed by atoms with Crippen molar-refractivity contribution in [3.63, 3.8) is 0 Å². The molecule has 6 nitrogen and oxygen atoms in total. The van der Waals surface area contributed by atoms with Gasteiger partial charge in [-0.3, -0.25) is 4.79 Å². The van der Waals surface area contributed by atoms with Crippen molar-refractivity contribution >= 4 is 5.91 Å². The number of hydrogen-bond donors (Lipinski definition) is 1. The maximum Gasteiger partial charge on any atom is 0.251 e. The second-order valence-electron chi connectivity index (χ2n) is 8.24. The molecule has 0 spiro atoms. The average molecular weight is 391 g/mol. The minimum absolute atomic E-state index is 0.0510. The van der Waals surface area contributed by atoms with Crippen LogP contribution >= 0.6 is 0 Å². The van der Waals surface area contributed by atoms with Crippen molar-refractivity contribution in [1.82, 2.24) is 10.2 Å². The van der Waals surface area contributed by atoms with Gasteiger partial charge in [0.25, 0.3) is 5.91 Å². The lowest BCUT2D eigenvalue weighted by molar-refractivity contribution is 0.0899. The van der Waals surface area contributed by atoms with E-state index in [0.717, 1.165) is 25.7 Å². The number of hydrogen-bond acceptors (Lipinski definition) is 5.